The van der Waals surface area contributed by atoms with Gasteiger partial charge in [0.1, 0.15) is 0 Å². The van der Waals surface area contributed by atoms with Crippen LogP contribution in [0, 0.1) is 0 Å². The van der Waals surface area contributed by atoms with Crippen molar-refractivity contribution in [1.82, 2.24) is 0 Å². The molecular formula is C37H40N2. The molecule has 0 aliphatic heterocycles. The molecule has 0 spiro atoms. The van der Waals surface area contributed by atoms with Gasteiger partial charge >= 0.3 is 0 Å². The average molecular weight is 513 g/mol. The van der Waals surface area contributed by atoms with Gasteiger partial charge in [-0.25, -0.2) is 0 Å². The number of benzene rings is 5. The first-order chi connectivity index (χ1) is 19.3. The zero-order valence-electron chi connectivity index (χ0n) is 23.2. The Morgan fingerprint density at radius 3 is 1.79 bits per heavy atom. The zero-order chi connectivity index (χ0) is 26.7. The fraction of sp³-hybridized carbons (Fsp3) is 0.243. The van der Waals surface area contributed by atoms with E-state index in [-0.39, 0.29) is 0 Å². The first-order valence-corrected chi connectivity index (χ1v) is 14.6. The van der Waals surface area contributed by atoms with Gasteiger partial charge in [0.15, 0.2) is 0 Å². The fourth-order valence-electron chi connectivity index (χ4n) is 5.49. The SMILES string of the molecule is CCCCCCCCN(c1ccccc1)c1ccccc1CN(c1ccccc1)c1cccc2ccccc12. The summed E-state index contributed by atoms with van der Waals surface area (Å²) < 4.78 is 0. The van der Waals surface area contributed by atoms with E-state index >= 15 is 0 Å². The maximum absolute atomic E-state index is 2.53. The second-order valence-electron chi connectivity index (χ2n) is 10.3. The maximum atomic E-state index is 2.53. The van der Waals surface area contributed by atoms with Crippen molar-refractivity contribution in [3.05, 3.63) is 133 Å². The van der Waals surface area contributed by atoms with E-state index in [1.165, 1.54) is 77.6 Å². The van der Waals surface area contributed by atoms with Gasteiger partial charge in [0.25, 0.3) is 0 Å². The highest BCUT2D eigenvalue weighted by Gasteiger charge is 2.18. The molecule has 0 aliphatic carbocycles. The lowest BCUT2D eigenvalue weighted by atomic mass is 10.0. The van der Waals surface area contributed by atoms with Gasteiger partial charge in [-0.05, 0) is 53.8 Å². The molecule has 2 heteroatoms. The van der Waals surface area contributed by atoms with Crippen LogP contribution in [0.2, 0.25) is 0 Å². The predicted molar refractivity (Wildman–Crippen MR) is 169 cm³/mol. The van der Waals surface area contributed by atoms with Crippen LogP contribution >= 0.6 is 0 Å². The molecule has 0 saturated heterocycles. The van der Waals surface area contributed by atoms with Crippen molar-refractivity contribution in [2.75, 3.05) is 16.3 Å². The number of nitrogens with zero attached hydrogens (tertiary/aromatic N) is 2. The highest BCUT2D eigenvalue weighted by molar-refractivity contribution is 5.96. The molecule has 0 amide bonds. The van der Waals surface area contributed by atoms with E-state index in [0.29, 0.717) is 0 Å². The van der Waals surface area contributed by atoms with Crippen LogP contribution in [0.25, 0.3) is 10.8 Å². The molecule has 39 heavy (non-hydrogen) atoms. The molecule has 0 unspecified atom stereocenters. The molecule has 0 saturated carbocycles. The van der Waals surface area contributed by atoms with Crippen molar-refractivity contribution in [1.29, 1.82) is 0 Å². The summed E-state index contributed by atoms with van der Waals surface area (Å²) in [5, 5.41) is 2.53. The van der Waals surface area contributed by atoms with Gasteiger partial charge in [0.2, 0.25) is 0 Å². The Kier molecular flexibility index (Phi) is 9.31. The Balaban J connectivity index is 1.51. The molecule has 198 valence electrons. The van der Waals surface area contributed by atoms with Gasteiger partial charge < -0.3 is 9.80 Å². The Hall–Kier alpha value is -4.04. The lowest BCUT2D eigenvalue weighted by Crippen LogP contribution is -2.23. The summed E-state index contributed by atoms with van der Waals surface area (Å²) in [6.45, 7) is 4.09. The first kappa shape index (κ1) is 26.6. The standard InChI is InChI=1S/C37H40N2/c1-2-3-4-5-6-17-29-38(33-22-9-7-10-23-33)36-27-16-14-20-32(36)30-39(34-24-11-8-12-25-34)37-28-18-21-31-19-13-15-26-35(31)37/h7-16,18-28H,2-6,17,29-30H2,1H3. The van der Waals surface area contributed by atoms with Gasteiger partial charge in [-0.2, -0.15) is 0 Å². The minimum absolute atomic E-state index is 0.786. The number of hydrogen-bond donors (Lipinski definition) is 0. The predicted octanol–water partition coefficient (Wildman–Crippen LogP) is 10.7. The third-order valence-electron chi connectivity index (χ3n) is 7.54. The summed E-state index contributed by atoms with van der Waals surface area (Å²) in [5.74, 6) is 0. The van der Waals surface area contributed by atoms with E-state index < -0.39 is 0 Å². The molecule has 0 N–H and O–H groups in total. The monoisotopic (exact) mass is 512 g/mol. The van der Waals surface area contributed by atoms with E-state index in [4.69, 9.17) is 0 Å². The van der Waals surface area contributed by atoms with Crippen LogP contribution in [0.5, 0.6) is 0 Å². The molecule has 2 nitrogen and oxygen atoms in total. The van der Waals surface area contributed by atoms with Crippen LogP contribution in [0.3, 0.4) is 0 Å². The van der Waals surface area contributed by atoms with Crippen LogP contribution < -0.4 is 9.80 Å². The lowest BCUT2D eigenvalue weighted by Gasteiger charge is -2.31. The summed E-state index contributed by atoms with van der Waals surface area (Å²) in [4.78, 5) is 5.00. The van der Waals surface area contributed by atoms with E-state index in [1.807, 2.05) is 0 Å². The van der Waals surface area contributed by atoms with E-state index in [0.717, 1.165) is 13.1 Å². The molecule has 0 bridgehead atoms. The van der Waals surface area contributed by atoms with Gasteiger partial charge in [0.05, 0.1) is 6.54 Å². The van der Waals surface area contributed by atoms with E-state index in [1.54, 1.807) is 0 Å². The third-order valence-corrected chi connectivity index (χ3v) is 7.54. The number of unbranched alkanes of at least 4 members (excludes halogenated alkanes) is 5. The summed E-state index contributed by atoms with van der Waals surface area (Å²) in [6.07, 6.45) is 7.76. The zero-order valence-corrected chi connectivity index (χ0v) is 23.2. The van der Waals surface area contributed by atoms with Gasteiger partial charge in [-0.15, -0.1) is 0 Å². The lowest BCUT2D eigenvalue weighted by molar-refractivity contribution is 0.609. The van der Waals surface area contributed by atoms with Crippen molar-refractivity contribution in [3.8, 4) is 0 Å². The molecular weight excluding hydrogens is 472 g/mol. The average Bonchev–Trinajstić information content (AvgIpc) is 3.00. The molecule has 0 heterocycles. The van der Waals surface area contributed by atoms with Crippen LogP contribution in [-0.4, -0.2) is 6.54 Å². The van der Waals surface area contributed by atoms with Crippen LogP contribution in [0.1, 0.15) is 51.0 Å². The van der Waals surface area contributed by atoms with Gasteiger partial charge in [0, 0.05) is 34.7 Å². The number of para-hydroxylation sites is 3. The first-order valence-electron chi connectivity index (χ1n) is 14.6. The molecule has 0 atom stereocenters. The molecule has 0 aromatic heterocycles. The summed E-state index contributed by atoms with van der Waals surface area (Å²) in [7, 11) is 0. The fourth-order valence-corrected chi connectivity index (χ4v) is 5.49. The smallest absolute Gasteiger partial charge is 0.0502 e. The number of anilines is 4. The van der Waals surface area contributed by atoms with Crippen LogP contribution in [-0.2, 0) is 6.54 Å². The highest BCUT2D eigenvalue weighted by atomic mass is 15.2. The summed E-state index contributed by atoms with van der Waals surface area (Å²) in [5.41, 5.74) is 6.31. The molecule has 0 fully saturated rings. The minimum Gasteiger partial charge on any atom is -0.341 e. The van der Waals surface area contributed by atoms with Crippen molar-refractivity contribution >= 4 is 33.5 Å². The second kappa shape index (κ2) is 13.7. The van der Waals surface area contributed by atoms with E-state index in [9.17, 15) is 0 Å². The number of hydrogen-bond acceptors (Lipinski definition) is 2. The van der Waals surface area contributed by atoms with Gasteiger partial charge in [-0.1, -0.05) is 130 Å². The highest BCUT2D eigenvalue weighted by Crippen LogP contribution is 2.36. The third kappa shape index (κ3) is 6.70. The largest absolute Gasteiger partial charge is 0.341 e. The van der Waals surface area contributed by atoms with Crippen molar-refractivity contribution in [3.63, 3.8) is 0 Å². The molecule has 5 rings (SSSR count). The normalized spacial score (nSPS) is 11.0. The molecule has 0 radical (unpaired) electrons. The molecule has 0 aliphatic rings. The Morgan fingerprint density at radius 1 is 0.462 bits per heavy atom. The van der Waals surface area contributed by atoms with Crippen molar-refractivity contribution in [2.24, 2.45) is 0 Å². The number of fused-ring (bicyclic) bond motifs is 1. The summed E-state index contributed by atoms with van der Waals surface area (Å²) >= 11 is 0. The Labute approximate surface area is 234 Å². The van der Waals surface area contributed by atoms with Crippen molar-refractivity contribution < 1.29 is 0 Å². The Bertz CT molecular complexity index is 1420. The molecule has 5 aromatic rings. The van der Waals surface area contributed by atoms with Gasteiger partial charge in [-0.3, -0.25) is 0 Å². The van der Waals surface area contributed by atoms with Crippen LogP contribution in [0.4, 0.5) is 22.7 Å². The topological polar surface area (TPSA) is 6.48 Å². The summed E-state index contributed by atoms with van der Waals surface area (Å²) in [6, 6.07) is 46.0. The van der Waals surface area contributed by atoms with E-state index in [2.05, 4.69) is 144 Å². The maximum Gasteiger partial charge on any atom is 0.0502 e. The van der Waals surface area contributed by atoms with Crippen LogP contribution in [0.15, 0.2) is 127 Å². The minimum atomic E-state index is 0.786. The molecule has 5 aromatic carbocycles. The van der Waals surface area contributed by atoms with Crippen molar-refractivity contribution in [2.45, 2.75) is 52.0 Å². The second-order valence-corrected chi connectivity index (χ2v) is 10.3. The number of rotatable bonds is 13. The Morgan fingerprint density at radius 2 is 1.03 bits per heavy atom. The quantitative estimate of drug-likeness (QED) is 0.145.